The Labute approximate surface area is 105 Å². The molecule has 0 heterocycles. The molecule has 0 atom stereocenters. The third-order valence-electron chi connectivity index (χ3n) is 2.28. The Morgan fingerprint density at radius 2 is 2.06 bits per heavy atom. The molecule has 0 unspecified atom stereocenters. The molecular formula is C13H15NO4. The number of esters is 1. The third kappa shape index (κ3) is 3.10. The van der Waals surface area contributed by atoms with Gasteiger partial charge in [-0.15, -0.1) is 6.58 Å². The van der Waals surface area contributed by atoms with Gasteiger partial charge >= 0.3 is 5.97 Å². The van der Waals surface area contributed by atoms with Crippen LogP contribution in [-0.4, -0.2) is 32.6 Å². The summed E-state index contributed by atoms with van der Waals surface area (Å²) in [5.74, 6) is -0.456. The van der Waals surface area contributed by atoms with Crippen molar-refractivity contribution in [1.82, 2.24) is 5.32 Å². The van der Waals surface area contributed by atoms with E-state index in [-0.39, 0.29) is 17.0 Å². The molecule has 0 fully saturated rings. The number of carbonyl (C=O) groups is 2. The summed E-state index contributed by atoms with van der Waals surface area (Å²) in [4.78, 5) is 23.4. The molecule has 0 spiro atoms. The summed E-state index contributed by atoms with van der Waals surface area (Å²) in [7, 11) is 2.75. The van der Waals surface area contributed by atoms with Gasteiger partial charge in [0.1, 0.15) is 5.75 Å². The lowest BCUT2D eigenvalue weighted by atomic mass is 10.1. The maximum absolute atomic E-state index is 11.9. The molecule has 1 N–H and O–H groups in total. The van der Waals surface area contributed by atoms with Crippen LogP contribution in [0.15, 0.2) is 30.9 Å². The number of carbonyl (C=O) groups excluding carboxylic acids is 2. The molecule has 1 amide bonds. The van der Waals surface area contributed by atoms with E-state index in [2.05, 4.69) is 16.6 Å². The first-order valence-electron chi connectivity index (χ1n) is 5.29. The molecule has 0 saturated heterocycles. The second-order valence-corrected chi connectivity index (χ2v) is 3.40. The topological polar surface area (TPSA) is 64.6 Å². The van der Waals surface area contributed by atoms with Crippen molar-refractivity contribution >= 4 is 11.9 Å². The van der Waals surface area contributed by atoms with Gasteiger partial charge in [-0.25, -0.2) is 4.79 Å². The highest BCUT2D eigenvalue weighted by Gasteiger charge is 2.18. The number of rotatable bonds is 5. The molecule has 0 aromatic heterocycles. The average Bonchev–Trinajstić information content (AvgIpc) is 2.43. The normalized spacial score (nSPS) is 9.44. The highest BCUT2D eigenvalue weighted by atomic mass is 16.5. The standard InChI is InChI=1S/C13H15NO4/c1-4-7-14-12(15)11-8-9(17-2)5-6-10(11)13(16)18-3/h4-6,8H,1,7H2,2-3H3,(H,14,15). The molecule has 0 aliphatic carbocycles. The van der Waals surface area contributed by atoms with E-state index in [1.807, 2.05) is 0 Å². The maximum Gasteiger partial charge on any atom is 0.338 e. The molecule has 0 aliphatic heterocycles. The maximum atomic E-state index is 11.9. The number of methoxy groups -OCH3 is 2. The first-order valence-corrected chi connectivity index (χ1v) is 5.29. The van der Waals surface area contributed by atoms with Gasteiger partial charge in [-0.05, 0) is 18.2 Å². The van der Waals surface area contributed by atoms with Crippen LogP contribution in [0, 0.1) is 0 Å². The van der Waals surface area contributed by atoms with Gasteiger partial charge in [-0.1, -0.05) is 6.08 Å². The van der Waals surface area contributed by atoms with Gasteiger partial charge in [0, 0.05) is 6.54 Å². The van der Waals surface area contributed by atoms with Gasteiger partial charge in [0.2, 0.25) is 0 Å². The fourth-order valence-electron chi connectivity index (χ4n) is 1.39. The molecule has 0 saturated carbocycles. The second-order valence-electron chi connectivity index (χ2n) is 3.40. The van der Waals surface area contributed by atoms with Crippen LogP contribution in [0.3, 0.4) is 0 Å². The first kappa shape index (κ1) is 13.8. The van der Waals surface area contributed by atoms with Crippen molar-refractivity contribution in [1.29, 1.82) is 0 Å². The van der Waals surface area contributed by atoms with Crippen LogP contribution in [-0.2, 0) is 4.74 Å². The Morgan fingerprint density at radius 1 is 1.33 bits per heavy atom. The van der Waals surface area contributed by atoms with E-state index < -0.39 is 5.97 Å². The van der Waals surface area contributed by atoms with Gasteiger partial charge in [-0.2, -0.15) is 0 Å². The van der Waals surface area contributed by atoms with Crippen molar-refractivity contribution in [2.75, 3.05) is 20.8 Å². The number of hydrogen-bond acceptors (Lipinski definition) is 4. The largest absolute Gasteiger partial charge is 0.497 e. The van der Waals surface area contributed by atoms with Crippen molar-refractivity contribution in [2.24, 2.45) is 0 Å². The minimum absolute atomic E-state index is 0.194. The Kier molecular flexibility index (Phi) is 4.92. The molecule has 5 heteroatoms. The molecule has 0 aliphatic rings. The Balaban J connectivity index is 3.14. The molecule has 1 aromatic rings. The van der Waals surface area contributed by atoms with Crippen LogP contribution >= 0.6 is 0 Å². The summed E-state index contributed by atoms with van der Waals surface area (Å²) in [5, 5.41) is 2.60. The zero-order chi connectivity index (χ0) is 13.5. The fraction of sp³-hybridized carbons (Fsp3) is 0.231. The molecule has 18 heavy (non-hydrogen) atoms. The second kappa shape index (κ2) is 6.44. The molecule has 5 nitrogen and oxygen atoms in total. The van der Waals surface area contributed by atoms with Gasteiger partial charge in [0.05, 0.1) is 25.3 Å². The van der Waals surface area contributed by atoms with E-state index in [0.717, 1.165) is 0 Å². The van der Waals surface area contributed by atoms with Crippen molar-refractivity contribution in [3.05, 3.63) is 42.0 Å². The zero-order valence-corrected chi connectivity index (χ0v) is 10.4. The quantitative estimate of drug-likeness (QED) is 0.632. The van der Waals surface area contributed by atoms with E-state index in [1.165, 1.54) is 26.4 Å². The van der Waals surface area contributed by atoms with Crippen LogP contribution in [0.4, 0.5) is 0 Å². The highest BCUT2D eigenvalue weighted by Crippen LogP contribution is 2.18. The van der Waals surface area contributed by atoms with E-state index in [4.69, 9.17) is 4.74 Å². The van der Waals surface area contributed by atoms with Crippen molar-refractivity contribution < 1.29 is 19.1 Å². The molecule has 0 radical (unpaired) electrons. The first-order chi connectivity index (χ1) is 8.63. The van der Waals surface area contributed by atoms with E-state index in [9.17, 15) is 9.59 Å². The van der Waals surface area contributed by atoms with E-state index >= 15 is 0 Å². The lowest BCUT2D eigenvalue weighted by molar-refractivity contribution is 0.0596. The minimum atomic E-state index is -0.568. The Bertz CT molecular complexity index is 468. The molecule has 96 valence electrons. The summed E-state index contributed by atoms with van der Waals surface area (Å²) in [5.41, 5.74) is 0.405. The fourth-order valence-corrected chi connectivity index (χ4v) is 1.39. The van der Waals surface area contributed by atoms with Crippen LogP contribution in [0.1, 0.15) is 20.7 Å². The highest BCUT2D eigenvalue weighted by molar-refractivity contribution is 6.05. The summed E-state index contributed by atoms with van der Waals surface area (Å²) in [6, 6.07) is 4.58. The Hall–Kier alpha value is -2.30. The number of ether oxygens (including phenoxy) is 2. The summed E-state index contributed by atoms with van der Waals surface area (Å²) in [6.45, 7) is 3.82. The smallest absolute Gasteiger partial charge is 0.338 e. The lowest BCUT2D eigenvalue weighted by Crippen LogP contribution is -2.25. The number of hydrogen-bond donors (Lipinski definition) is 1. The average molecular weight is 249 g/mol. The third-order valence-corrected chi connectivity index (χ3v) is 2.28. The molecular weight excluding hydrogens is 234 g/mol. The van der Waals surface area contributed by atoms with Crippen LogP contribution in [0.2, 0.25) is 0 Å². The lowest BCUT2D eigenvalue weighted by Gasteiger charge is -2.09. The van der Waals surface area contributed by atoms with Crippen LogP contribution in [0.25, 0.3) is 0 Å². The number of benzene rings is 1. The number of nitrogens with one attached hydrogen (secondary N) is 1. The summed E-state index contributed by atoms with van der Waals surface area (Å²) < 4.78 is 9.65. The van der Waals surface area contributed by atoms with Crippen molar-refractivity contribution in [3.63, 3.8) is 0 Å². The minimum Gasteiger partial charge on any atom is -0.497 e. The summed E-state index contributed by atoms with van der Waals surface area (Å²) >= 11 is 0. The summed E-state index contributed by atoms with van der Waals surface area (Å²) in [6.07, 6.45) is 1.55. The van der Waals surface area contributed by atoms with Gasteiger partial charge in [0.25, 0.3) is 5.91 Å². The van der Waals surface area contributed by atoms with Gasteiger partial charge in [-0.3, -0.25) is 4.79 Å². The van der Waals surface area contributed by atoms with Gasteiger partial charge in [0.15, 0.2) is 0 Å². The predicted octanol–water partition coefficient (Wildman–Crippen LogP) is 1.40. The monoisotopic (exact) mass is 249 g/mol. The van der Waals surface area contributed by atoms with Crippen molar-refractivity contribution in [3.8, 4) is 5.75 Å². The van der Waals surface area contributed by atoms with Gasteiger partial charge < -0.3 is 14.8 Å². The molecule has 1 rings (SSSR count). The predicted molar refractivity (Wildman–Crippen MR) is 66.9 cm³/mol. The van der Waals surface area contributed by atoms with E-state index in [0.29, 0.717) is 12.3 Å². The Morgan fingerprint density at radius 3 is 2.61 bits per heavy atom. The molecule has 1 aromatic carbocycles. The zero-order valence-electron chi connectivity index (χ0n) is 10.4. The number of amides is 1. The van der Waals surface area contributed by atoms with Crippen molar-refractivity contribution in [2.45, 2.75) is 0 Å². The van der Waals surface area contributed by atoms with Crippen LogP contribution in [0.5, 0.6) is 5.75 Å². The van der Waals surface area contributed by atoms with E-state index in [1.54, 1.807) is 12.1 Å². The van der Waals surface area contributed by atoms with Crippen LogP contribution < -0.4 is 10.1 Å². The molecule has 0 bridgehead atoms. The SMILES string of the molecule is C=CCNC(=O)c1cc(OC)ccc1C(=O)OC.